The fourth-order valence-electron chi connectivity index (χ4n) is 3.01. The first kappa shape index (κ1) is 23.2. The summed E-state index contributed by atoms with van der Waals surface area (Å²) in [4.78, 5) is 16.4. The Morgan fingerprint density at radius 3 is 2.35 bits per heavy atom. The number of carbonyl (C=O) groups is 1. The molecule has 1 atom stereocenters. The van der Waals surface area contributed by atoms with Crippen LogP contribution in [-0.2, 0) is 15.9 Å². The van der Waals surface area contributed by atoms with E-state index in [-0.39, 0.29) is 11.4 Å². The fraction of sp³-hybridized carbons (Fsp3) is 0.136. The van der Waals surface area contributed by atoms with E-state index in [1.165, 1.54) is 37.8 Å². The van der Waals surface area contributed by atoms with E-state index in [1.807, 2.05) is 0 Å². The SMILES string of the molecule is COc1ccc(S(C)(=O)=NC(=O)c2ccn(-c3ccc(-c4noc(C(F)(F)F)n4)cc3)c2)cc1. The van der Waals surface area contributed by atoms with E-state index in [0.717, 1.165) is 0 Å². The van der Waals surface area contributed by atoms with Crippen molar-refractivity contribution in [3.8, 4) is 22.8 Å². The Bertz CT molecular complexity index is 1450. The van der Waals surface area contributed by atoms with Crippen LogP contribution in [-0.4, -0.2) is 38.2 Å². The van der Waals surface area contributed by atoms with Crippen molar-refractivity contribution in [1.82, 2.24) is 14.7 Å². The van der Waals surface area contributed by atoms with Crippen molar-refractivity contribution in [2.45, 2.75) is 11.1 Å². The summed E-state index contributed by atoms with van der Waals surface area (Å²) >= 11 is 0. The maximum Gasteiger partial charge on any atom is 0.471 e. The van der Waals surface area contributed by atoms with Gasteiger partial charge in [0, 0.05) is 34.8 Å². The molecule has 2 heterocycles. The number of halogens is 3. The molecule has 12 heteroatoms. The highest BCUT2D eigenvalue weighted by Gasteiger charge is 2.38. The van der Waals surface area contributed by atoms with Crippen LogP contribution in [0.25, 0.3) is 17.1 Å². The molecule has 0 aliphatic rings. The third kappa shape index (κ3) is 4.86. The van der Waals surface area contributed by atoms with Crippen LogP contribution in [0.3, 0.4) is 0 Å². The molecule has 4 aromatic rings. The zero-order chi connectivity index (χ0) is 24.5. The minimum atomic E-state index is -4.72. The second-order valence-corrected chi connectivity index (χ2v) is 9.41. The standard InChI is InChI=1S/C22H17F3N4O4S/c1-32-17-7-9-18(10-8-17)34(2,31)28-20(30)15-11-12-29(13-15)16-5-3-14(4-6-16)19-26-21(33-27-19)22(23,24)25/h3-13H,1-2H3. The van der Waals surface area contributed by atoms with Crippen molar-refractivity contribution in [2.24, 2.45) is 4.36 Å². The lowest BCUT2D eigenvalue weighted by Gasteiger charge is -2.05. The summed E-state index contributed by atoms with van der Waals surface area (Å²) in [6.07, 6.45) is -0.219. The van der Waals surface area contributed by atoms with Crippen molar-refractivity contribution in [1.29, 1.82) is 0 Å². The lowest BCUT2D eigenvalue weighted by molar-refractivity contribution is -0.159. The number of nitrogens with zero attached hydrogens (tertiary/aromatic N) is 4. The Hall–Kier alpha value is -3.93. The van der Waals surface area contributed by atoms with Gasteiger partial charge in [-0.25, -0.2) is 4.21 Å². The van der Waals surface area contributed by atoms with Crippen LogP contribution in [0.4, 0.5) is 13.2 Å². The average Bonchev–Trinajstić information content (AvgIpc) is 3.49. The average molecular weight is 490 g/mol. The number of aromatic nitrogens is 3. The molecule has 1 amide bonds. The van der Waals surface area contributed by atoms with Gasteiger partial charge in [0.2, 0.25) is 5.82 Å². The number of rotatable bonds is 5. The highest BCUT2D eigenvalue weighted by atomic mass is 32.2. The van der Waals surface area contributed by atoms with Crippen molar-refractivity contribution in [3.05, 3.63) is 78.4 Å². The van der Waals surface area contributed by atoms with Gasteiger partial charge >= 0.3 is 12.1 Å². The lowest BCUT2D eigenvalue weighted by atomic mass is 10.2. The second-order valence-electron chi connectivity index (χ2n) is 7.15. The molecule has 0 bridgehead atoms. The highest BCUT2D eigenvalue weighted by molar-refractivity contribution is 7.93. The van der Waals surface area contributed by atoms with Gasteiger partial charge < -0.3 is 13.8 Å². The summed E-state index contributed by atoms with van der Waals surface area (Å²) in [6, 6.07) is 14.3. The Morgan fingerprint density at radius 2 is 1.76 bits per heavy atom. The molecular weight excluding hydrogens is 473 g/mol. The summed E-state index contributed by atoms with van der Waals surface area (Å²) in [5.41, 5.74) is 1.17. The smallest absolute Gasteiger partial charge is 0.471 e. The number of benzene rings is 2. The number of alkyl halides is 3. The number of ether oxygens (including phenoxy) is 1. The van der Waals surface area contributed by atoms with E-state index in [9.17, 15) is 22.2 Å². The predicted molar refractivity (Wildman–Crippen MR) is 116 cm³/mol. The first-order chi connectivity index (χ1) is 16.1. The van der Waals surface area contributed by atoms with Crippen molar-refractivity contribution >= 4 is 15.6 Å². The number of methoxy groups -OCH3 is 1. The van der Waals surface area contributed by atoms with Gasteiger partial charge in [0.1, 0.15) is 5.75 Å². The first-order valence-electron chi connectivity index (χ1n) is 9.67. The summed E-state index contributed by atoms with van der Waals surface area (Å²) in [5.74, 6) is -1.68. The normalized spacial score (nSPS) is 13.3. The van der Waals surface area contributed by atoms with E-state index in [1.54, 1.807) is 47.2 Å². The van der Waals surface area contributed by atoms with E-state index in [4.69, 9.17) is 4.74 Å². The maximum absolute atomic E-state index is 13.0. The first-order valence-corrected chi connectivity index (χ1v) is 11.6. The molecule has 2 aromatic heterocycles. The van der Waals surface area contributed by atoms with Gasteiger partial charge in [0.05, 0.1) is 22.4 Å². The van der Waals surface area contributed by atoms with Crippen LogP contribution in [0.2, 0.25) is 0 Å². The van der Waals surface area contributed by atoms with E-state index in [2.05, 4.69) is 19.0 Å². The van der Waals surface area contributed by atoms with Crippen LogP contribution < -0.4 is 4.74 Å². The molecule has 2 aromatic carbocycles. The molecule has 34 heavy (non-hydrogen) atoms. The number of carbonyl (C=O) groups excluding carboxylic acids is 1. The molecule has 0 N–H and O–H groups in total. The van der Waals surface area contributed by atoms with E-state index < -0.39 is 27.7 Å². The third-order valence-electron chi connectivity index (χ3n) is 4.79. The Labute approximate surface area is 192 Å². The number of amides is 1. The molecule has 8 nitrogen and oxygen atoms in total. The molecule has 0 aliphatic heterocycles. The molecule has 176 valence electrons. The Morgan fingerprint density at radius 1 is 1.09 bits per heavy atom. The molecule has 0 spiro atoms. The molecule has 1 unspecified atom stereocenters. The van der Waals surface area contributed by atoms with Gasteiger partial charge in [0.25, 0.3) is 5.91 Å². The topological polar surface area (TPSA) is 99.6 Å². The molecule has 0 saturated carbocycles. The van der Waals surface area contributed by atoms with Gasteiger partial charge in [-0.2, -0.15) is 22.5 Å². The minimum absolute atomic E-state index is 0.197. The van der Waals surface area contributed by atoms with E-state index >= 15 is 0 Å². The molecule has 0 aliphatic carbocycles. The number of hydrogen-bond acceptors (Lipinski definition) is 6. The summed E-state index contributed by atoms with van der Waals surface area (Å²) in [7, 11) is -1.46. The van der Waals surface area contributed by atoms with Crippen molar-refractivity contribution in [2.75, 3.05) is 13.4 Å². The van der Waals surface area contributed by atoms with Gasteiger partial charge in [0.15, 0.2) is 0 Å². The van der Waals surface area contributed by atoms with Gasteiger partial charge in [-0.15, -0.1) is 0 Å². The zero-order valence-electron chi connectivity index (χ0n) is 17.8. The quantitative estimate of drug-likeness (QED) is 0.397. The largest absolute Gasteiger partial charge is 0.497 e. The Balaban J connectivity index is 1.53. The van der Waals surface area contributed by atoms with Crippen LogP contribution in [0.1, 0.15) is 16.2 Å². The summed E-state index contributed by atoms with van der Waals surface area (Å²) in [6.45, 7) is 0. The van der Waals surface area contributed by atoms with E-state index in [0.29, 0.717) is 21.9 Å². The van der Waals surface area contributed by atoms with Crippen LogP contribution >= 0.6 is 0 Å². The van der Waals surface area contributed by atoms with Gasteiger partial charge in [-0.05, 0) is 54.6 Å². The van der Waals surface area contributed by atoms with Crippen LogP contribution in [0.5, 0.6) is 5.75 Å². The second kappa shape index (κ2) is 8.78. The minimum Gasteiger partial charge on any atom is -0.497 e. The number of hydrogen-bond donors (Lipinski definition) is 0. The molecule has 0 radical (unpaired) electrons. The lowest BCUT2D eigenvalue weighted by Crippen LogP contribution is -2.04. The monoisotopic (exact) mass is 490 g/mol. The summed E-state index contributed by atoms with van der Waals surface area (Å²) < 4.78 is 65.7. The van der Waals surface area contributed by atoms with Gasteiger partial charge in [-0.1, -0.05) is 5.16 Å². The molecule has 0 fully saturated rings. The third-order valence-corrected chi connectivity index (χ3v) is 6.45. The molecular formula is C22H17F3N4O4S. The zero-order valence-corrected chi connectivity index (χ0v) is 18.6. The highest BCUT2D eigenvalue weighted by Crippen LogP contribution is 2.29. The van der Waals surface area contributed by atoms with Crippen molar-refractivity contribution in [3.63, 3.8) is 0 Å². The predicted octanol–water partition coefficient (Wildman–Crippen LogP) is 4.85. The van der Waals surface area contributed by atoms with Crippen LogP contribution in [0.15, 0.2) is 80.8 Å². The maximum atomic E-state index is 13.0. The molecule has 4 rings (SSSR count). The summed E-state index contributed by atoms with van der Waals surface area (Å²) in [5, 5.41) is 3.35. The van der Waals surface area contributed by atoms with Crippen molar-refractivity contribution < 1.29 is 31.4 Å². The molecule has 0 saturated heterocycles. The Kier molecular flexibility index (Phi) is 6.00. The fourth-order valence-corrected chi connectivity index (χ4v) is 4.18. The van der Waals surface area contributed by atoms with Gasteiger partial charge in [-0.3, -0.25) is 4.79 Å². The van der Waals surface area contributed by atoms with Crippen LogP contribution in [0, 0.1) is 0 Å².